The van der Waals surface area contributed by atoms with Crippen LogP contribution in [0.5, 0.6) is 0 Å². The van der Waals surface area contributed by atoms with Crippen molar-refractivity contribution in [2.45, 2.75) is 12.6 Å². The number of aliphatic hydroxyl groups is 1. The number of nitrogens with zero attached hydrogens (tertiary/aromatic N) is 3. The number of halogens is 2. The minimum Gasteiger partial charge on any atom is -0.387 e. The van der Waals surface area contributed by atoms with Crippen LogP contribution in [0.4, 0.5) is 8.78 Å². The number of pyridine rings is 1. The molecule has 1 aromatic heterocycles. The molecule has 1 saturated heterocycles. The van der Waals surface area contributed by atoms with Crippen LogP contribution in [0, 0.1) is 11.6 Å². The van der Waals surface area contributed by atoms with Gasteiger partial charge in [-0.3, -0.25) is 14.8 Å². The van der Waals surface area contributed by atoms with E-state index in [0.29, 0.717) is 6.54 Å². The Kier molecular flexibility index (Phi) is 5.50. The molecule has 1 unspecified atom stereocenters. The van der Waals surface area contributed by atoms with Gasteiger partial charge in [0.2, 0.25) is 0 Å². The zero-order valence-electron chi connectivity index (χ0n) is 13.4. The van der Waals surface area contributed by atoms with Gasteiger partial charge in [0.25, 0.3) is 0 Å². The standard InChI is InChI=1S/C18H21F2N3O/c19-15-3-4-16(17(20)10-15)18(24)13-23-8-6-22(7-9-23)12-14-2-1-5-21-11-14/h1-5,10-11,18,24H,6-9,12-13H2. The summed E-state index contributed by atoms with van der Waals surface area (Å²) >= 11 is 0. The van der Waals surface area contributed by atoms with E-state index >= 15 is 0 Å². The average Bonchev–Trinajstić information content (AvgIpc) is 2.57. The number of hydrogen-bond acceptors (Lipinski definition) is 4. The second-order valence-electron chi connectivity index (χ2n) is 6.12. The van der Waals surface area contributed by atoms with Crippen molar-refractivity contribution in [1.82, 2.24) is 14.8 Å². The smallest absolute Gasteiger partial charge is 0.131 e. The van der Waals surface area contributed by atoms with E-state index in [0.717, 1.165) is 38.8 Å². The van der Waals surface area contributed by atoms with Crippen molar-refractivity contribution in [3.05, 3.63) is 65.5 Å². The van der Waals surface area contributed by atoms with Crippen LogP contribution in [-0.4, -0.2) is 52.6 Å². The molecule has 2 aromatic rings. The van der Waals surface area contributed by atoms with E-state index in [1.165, 1.54) is 17.7 Å². The second-order valence-corrected chi connectivity index (χ2v) is 6.12. The minimum atomic E-state index is -0.949. The average molecular weight is 333 g/mol. The lowest BCUT2D eigenvalue weighted by Gasteiger charge is -2.35. The molecule has 0 saturated carbocycles. The monoisotopic (exact) mass is 333 g/mol. The maximum atomic E-state index is 13.7. The molecule has 6 heteroatoms. The van der Waals surface area contributed by atoms with Crippen molar-refractivity contribution >= 4 is 0 Å². The molecule has 1 N–H and O–H groups in total. The van der Waals surface area contributed by atoms with Gasteiger partial charge in [0, 0.05) is 63.3 Å². The lowest BCUT2D eigenvalue weighted by molar-refractivity contribution is 0.0684. The molecule has 0 amide bonds. The highest BCUT2D eigenvalue weighted by atomic mass is 19.1. The lowest BCUT2D eigenvalue weighted by Crippen LogP contribution is -2.47. The van der Waals surface area contributed by atoms with Crippen LogP contribution in [0.15, 0.2) is 42.7 Å². The van der Waals surface area contributed by atoms with Crippen LogP contribution in [0.25, 0.3) is 0 Å². The summed E-state index contributed by atoms with van der Waals surface area (Å²) in [6.07, 6.45) is 2.68. The summed E-state index contributed by atoms with van der Waals surface area (Å²) in [5.74, 6) is -1.33. The number of aromatic nitrogens is 1. The highest BCUT2D eigenvalue weighted by molar-refractivity contribution is 5.21. The number of piperazine rings is 1. The summed E-state index contributed by atoms with van der Waals surface area (Å²) in [6.45, 7) is 4.58. The molecular weight excluding hydrogens is 312 g/mol. The third kappa shape index (κ3) is 4.35. The first-order chi connectivity index (χ1) is 11.6. The van der Waals surface area contributed by atoms with Gasteiger partial charge in [-0.15, -0.1) is 0 Å². The molecule has 4 nitrogen and oxygen atoms in total. The fraction of sp³-hybridized carbons (Fsp3) is 0.389. The Hall–Kier alpha value is -1.89. The molecule has 0 spiro atoms. The Bertz CT molecular complexity index is 661. The van der Waals surface area contributed by atoms with Crippen molar-refractivity contribution in [2.24, 2.45) is 0 Å². The number of hydrogen-bond donors (Lipinski definition) is 1. The van der Waals surface area contributed by atoms with Gasteiger partial charge < -0.3 is 5.11 Å². The third-order valence-corrected chi connectivity index (χ3v) is 4.35. The Morgan fingerprint density at radius 1 is 1.08 bits per heavy atom. The molecule has 1 fully saturated rings. The lowest BCUT2D eigenvalue weighted by atomic mass is 10.1. The van der Waals surface area contributed by atoms with Crippen LogP contribution < -0.4 is 0 Å². The van der Waals surface area contributed by atoms with Crippen LogP contribution in [-0.2, 0) is 6.54 Å². The Balaban J connectivity index is 1.50. The Morgan fingerprint density at radius 3 is 2.50 bits per heavy atom. The number of rotatable bonds is 5. The van der Waals surface area contributed by atoms with Gasteiger partial charge in [0.1, 0.15) is 11.6 Å². The van der Waals surface area contributed by atoms with E-state index in [1.54, 1.807) is 6.20 Å². The fourth-order valence-corrected chi connectivity index (χ4v) is 2.99. The van der Waals surface area contributed by atoms with Crippen molar-refractivity contribution in [3.8, 4) is 0 Å². The topological polar surface area (TPSA) is 39.6 Å². The normalized spacial score (nSPS) is 17.8. The Labute approximate surface area is 140 Å². The van der Waals surface area contributed by atoms with Gasteiger partial charge in [-0.25, -0.2) is 8.78 Å². The maximum Gasteiger partial charge on any atom is 0.131 e. The second kappa shape index (κ2) is 7.79. The number of aliphatic hydroxyl groups excluding tert-OH is 1. The summed E-state index contributed by atoms with van der Waals surface area (Å²) in [5, 5.41) is 10.2. The fourth-order valence-electron chi connectivity index (χ4n) is 2.99. The SMILES string of the molecule is OC(CN1CCN(Cc2cccnc2)CC1)c1ccc(F)cc1F. The first-order valence-corrected chi connectivity index (χ1v) is 8.08. The first kappa shape index (κ1) is 17.0. The van der Waals surface area contributed by atoms with Gasteiger partial charge in [-0.05, 0) is 17.7 Å². The zero-order chi connectivity index (χ0) is 16.9. The van der Waals surface area contributed by atoms with E-state index in [2.05, 4.69) is 20.9 Å². The predicted molar refractivity (Wildman–Crippen MR) is 87.3 cm³/mol. The van der Waals surface area contributed by atoms with E-state index in [1.807, 2.05) is 12.3 Å². The molecule has 0 aliphatic carbocycles. The first-order valence-electron chi connectivity index (χ1n) is 8.08. The van der Waals surface area contributed by atoms with E-state index in [9.17, 15) is 13.9 Å². The van der Waals surface area contributed by atoms with E-state index in [4.69, 9.17) is 0 Å². The quantitative estimate of drug-likeness (QED) is 0.911. The van der Waals surface area contributed by atoms with Crippen molar-refractivity contribution < 1.29 is 13.9 Å². The van der Waals surface area contributed by atoms with Crippen molar-refractivity contribution in [2.75, 3.05) is 32.7 Å². The molecular formula is C18H21F2N3O. The largest absolute Gasteiger partial charge is 0.387 e. The summed E-state index contributed by atoms with van der Waals surface area (Å²) in [4.78, 5) is 8.56. The summed E-state index contributed by atoms with van der Waals surface area (Å²) in [6, 6.07) is 7.28. The molecule has 24 heavy (non-hydrogen) atoms. The summed E-state index contributed by atoms with van der Waals surface area (Å²) < 4.78 is 26.7. The van der Waals surface area contributed by atoms with Crippen molar-refractivity contribution in [1.29, 1.82) is 0 Å². The van der Waals surface area contributed by atoms with Crippen LogP contribution >= 0.6 is 0 Å². The minimum absolute atomic E-state index is 0.147. The van der Waals surface area contributed by atoms with E-state index < -0.39 is 17.7 Å². The van der Waals surface area contributed by atoms with Gasteiger partial charge in [0.05, 0.1) is 6.10 Å². The van der Waals surface area contributed by atoms with Gasteiger partial charge >= 0.3 is 0 Å². The van der Waals surface area contributed by atoms with Crippen LogP contribution in [0.2, 0.25) is 0 Å². The molecule has 2 heterocycles. The number of β-amino-alcohol motifs (C(OH)–C–C–N with tert-alkyl or cyclic N) is 1. The highest BCUT2D eigenvalue weighted by Gasteiger charge is 2.21. The molecule has 1 atom stereocenters. The molecule has 0 bridgehead atoms. The van der Waals surface area contributed by atoms with Crippen molar-refractivity contribution in [3.63, 3.8) is 0 Å². The molecule has 3 rings (SSSR count). The maximum absolute atomic E-state index is 13.7. The zero-order valence-corrected chi connectivity index (χ0v) is 13.4. The Morgan fingerprint density at radius 2 is 1.83 bits per heavy atom. The number of benzene rings is 1. The van der Waals surface area contributed by atoms with E-state index in [-0.39, 0.29) is 5.56 Å². The van der Waals surface area contributed by atoms with Gasteiger partial charge in [0.15, 0.2) is 0 Å². The highest BCUT2D eigenvalue weighted by Crippen LogP contribution is 2.20. The van der Waals surface area contributed by atoms with Gasteiger partial charge in [-0.1, -0.05) is 12.1 Å². The van der Waals surface area contributed by atoms with Crippen LogP contribution in [0.1, 0.15) is 17.2 Å². The predicted octanol–water partition coefficient (Wildman–Crippen LogP) is 2.21. The molecule has 1 aliphatic heterocycles. The summed E-state index contributed by atoms with van der Waals surface area (Å²) in [7, 11) is 0. The molecule has 128 valence electrons. The molecule has 1 aromatic carbocycles. The third-order valence-electron chi connectivity index (χ3n) is 4.35. The molecule has 0 radical (unpaired) electrons. The summed E-state index contributed by atoms with van der Waals surface area (Å²) in [5.41, 5.74) is 1.33. The molecule has 1 aliphatic rings. The van der Waals surface area contributed by atoms with Crippen LogP contribution in [0.3, 0.4) is 0 Å². The van der Waals surface area contributed by atoms with Gasteiger partial charge in [-0.2, -0.15) is 0 Å².